The number of nitrogens with one attached hydrogen (secondary N) is 3. The van der Waals surface area contributed by atoms with Gasteiger partial charge in [-0.05, 0) is 37.1 Å². The second-order valence-electron chi connectivity index (χ2n) is 7.13. The molecule has 3 N–H and O–H groups in total. The normalized spacial score (nSPS) is 10.9. The SMILES string of the molecule is CCNC(=O)Nc1cccc(NC(=O)c2cn(CC(C)C)c3ccccc23)c1. The van der Waals surface area contributed by atoms with Gasteiger partial charge < -0.3 is 20.5 Å². The lowest BCUT2D eigenvalue weighted by Gasteiger charge is -2.09. The lowest BCUT2D eigenvalue weighted by Crippen LogP contribution is -2.28. The Morgan fingerprint density at radius 3 is 2.43 bits per heavy atom. The number of amides is 3. The Hall–Kier alpha value is -3.28. The molecule has 0 saturated carbocycles. The summed E-state index contributed by atoms with van der Waals surface area (Å²) in [6.07, 6.45) is 1.91. The van der Waals surface area contributed by atoms with Crippen LogP contribution in [-0.4, -0.2) is 23.1 Å². The average Bonchev–Trinajstić information content (AvgIpc) is 3.00. The first-order chi connectivity index (χ1) is 13.5. The van der Waals surface area contributed by atoms with Gasteiger partial charge in [0.2, 0.25) is 0 Å². The van der Waals surface area contributed by atoms with Crippen molar-refractivity contribution in [3.63, 3.8) is 0 Å². The molecular formula is C22H26N4O2. The summed E-state index contributed by atoms with van der Waals surface area (Å²) < 4.78 is 2.13. The molecule has 146 valence electrons. The number of benzene rings is 2. The molecule has 0 radical (unpaired) electrons. The highest BCUT2D eigenvalue weighted by molar-refractivity contribution is 6.13. The van der Waals surface area contributed by atoms with Gasteiger partial charge in [-0.15, -0.1) is 0 Å². The summed E-state index contributed by atoms with van der Waals surface area (Å²) in [5.74, 6) is 0.303. The van der Waals surface area contributed by atoms with Crippen molar-refractivity contribution in [1.82, 2.24) is 9.88 Å². The van der Waals surface area contributed by atoms with Gasteiger partial charge in [0.15, 0.2) is 0 Å². The predicted molar refractivity (Wildman–Crippen MR) is 114 cm³/mol. The lowest BCUT2D eigenvalue weighted by atomic mass is 10.1. The van der Waals surface area contributed by atoms with Crippen LogP contribution in [-0.2, 0) is 6.54 Å². The van der Waals surface area contributed by atoms with E-state index >= 15 is 0 Å². The third-order valence-corrected chi connectivity index (χ3v) is 4.31. The maximum Gasteiger partial charge on any atom is 0.319 e. The zero-order chi connectivity index (χ0) is 20.1. The number of aromatic nitrogens is 1. The van der Waals surface area contributed by atoms with Crippen LogP contribution in [0.25, 0.3) is 10.9 Å². The van der Waals surface area contributed by atoms with Gasteiger partial charge in [0.05, 0.1) is 5.56 Å². The van der Waals surface area contributed by atoms with Crippen molar-refractivity contribution in [2.24, 2.45) is 5.92 Å². The number of hydrogen-bond acceptors (Lipinski definition) is 2. The highest BCUT2D eigenvalue weighted by atomic mass is 16.2. The Bertz CT molecular complexity index is 991. The van der Waals surface area contributed by atoms with Gasteiger partial charge in [0.25, 0.3) is 5.91 Å². The Labute approximate surface area is 164 Å². The smallest absolute Gasteiger partial charge is 0.319 e. The molecule has 6 heteroatoms. The van der Waals surface area contributed by atoms with E-state index in [4.69, 9.17) is 0 Å². The maximum atomic E-state index is 12.9. The number of urea groups is 1. The molecule has 28 heavy (non-hydrogen) atoms. The number of para-hydroxylation sites is 1. The summed E-state index contributed by atoms with van der Waals surface area (Å²) in [5.41, 5.74) is 2.93. The molecule has 0 fully saturated rings. The van der Waals surface area contributed by atoms with Crippen molar-refractivity contribution in [2.45, 2.75) is 27.3 Å². The summed E-state index contributed by atoms with van der Waals surface area (Å²) in [7, 11) is 0. The molecule has 3 amide bonds. The van der Waals surface area contributed by atoms with Gasteiger partial charge in [-0.25, -0.2) is 4.79 Å². The van der Waals surface area contributed by atoms with E-state index in [-0.39, 0.29) is 11.9 Å². The van der Waals surface area contributed by atoms with Crippen LogP contribution in [0.5, 0.6) is 0 Å². The molecule has 0 spiro atoms. The average molecular weight is 378 g/mol. The first-order valence-corrected chi connectivity index (χ1v) is 9.52. The van der Waals surface area contributed by atoms with Crippen molar-refractivity contribution < 1.29 is 9.59 Å². The van der Waals surface area contributed by atoms with Gasteiger partial charge in [0.1, 0.15) is 0 Å². The van der Waals surface area contributed by atoms with Crippen LogP contribution >= 0.6 is 0 Å². The molecule has 0 saturated heterocycles. The molecule has 0 aliphatic rings. The van der Waals surface area contributed by atoms with Crippen LogP contribution < -0.4 is 16.0 Å². The monoisotopic (exact) mass is 378 g/mol. The minimum atomic E-state index is -0.275. The maximum absolute atomic E-state index is 12.9. The van der Waals surface area contributed by atoms with E-state index in [9.17, 15) is 9.59 Å². The van der Waals surface area contributed by atoms with Crippen LogP contribution in [0.15, 0.2) is 54.7 Å². The predicted octanol–water partition coefficient (Wildman–Crippen LogP) is 4.69. The molecule has 3 aromatic rings. The third-order valence-electron chi connectivity index (χ3n) is 4.31. The van der Waals surface area contributed by atoms with E-state index in [1.54, 1.807) is 24.3 Å². The van der Waals surface area contributed by atoms with E-state index in [1.165, 1.54) is 0 Å². The number of carbonyl (C=O) groups excluding carboxylic acids is 2. The number of rotatable bonds is 6. The molecule has 0 atom stereocenters. The zero-order valence-electron chi connectivity index (χ0n) is 16.5. The minimum Gasteiger partial charge on any atom is -0.346 e. The first kappa shape index (κ1) is 19.5. The van der Waals surface area contributed by atoms with Crippen molar-refractivity contribution in [2.75, 3.05) is 17.2 Å². The fourth-order valence-electron chi connectivity index (χ4n) is 3.18. The number of hydrogen-bond donors (Lipinski definition) is 3. The fraction of sp³-hybridized carbons (Fsp3) is 0.273. The summed E-state index contributed by atoms with van der Waals surface area (Å²) in [6.45, 7) is 7.55. The minimum absolute atomic E-state index is 0.172. The fourth-order valence-corrected chi connectivity index (χ4v) is 3.18. The van der Waals surface area contributed by atoms with Crippen molar-refractivity contribution in [3.8, 4) is 0 Å². The highest BCUT2D eigenvalue weighted by Gasteiger charge is 2.16. The Morgan fingerprint density at radius 2 is 1.71 bits per heavy atom. The van der Waals surface area contributed by atoms with Crippen LogP contribution in [0.4, 0.5) is 16.2 Å². The first-order valence-electron chi connectivity index (χ1n) is 9.52. The molecule has 1 aromatic heterocycles. The molecule has 6 nitrogen and oxygen atoms in total. The highest BCUT2D eigenvalue weighted by Crippen LogP contribution is 2.24. The number of nitrogens with zero attached hydrogens (tertiary/aromatic N) is 1. The Balaban J connectivity index is 1.83. The van der Waals surface area contributed by atoms with Gasteiger partial charge in [-0.1, -0.05) is 38.1 Å². The van der Waals surface area contributed by atoms with Crippen LogP contribution in [0.1, 0.15) is 31.1 Å². The zero-order valence-corrected chi connectivity index (χ0v) is 16.5. The van der Waals surface area contributed by atoms with Gasteiger partial charge in [0, 0.05) is 41.6 Å². The molecule has 0 unspecified atom stereocenters. The van der Waals surface area contributed by atoms with E-state index < -0.39 is 0 Å². The van der Waals surface area contributed by atoms with E-state index in [0.29, 0.717) is 29.4 Å². The van der Waals surface area contributed by atoms with Crippen molar-refractivity contribution in [1.29, 1.82) is 0 Å². The van der Waals surface area contributed by atoms with E-state index in [2.05, 4.69) is 34.4 Å². The summed E-state index contributed by atoms with van der Waals surface area (Å²) in [4.78, 5) is 24.6. The van der Waals surface area contributed by atoms with Gasteiger partial charge in [-0.2, -0.15) is 0 Å². The van der Waals surface area contributed by atoms with E-state index in [0.717, 1.165) is 17.4 Å². The largest absolute Gasteiger partial charge is 0.346 e. The van der Waals surface area contributed by atoms with Crippen LogP contribution in [0.2, 0.25) is 0 Å². The molecule has 0 aliphatic carbocycles. The number of fused-ring (bicyclic) bond motifs is 1. The number of anilines is 2. The molecule has 2 aromatic carbocycles. The second-order valence-corrected chi connectivity index (χ2v) is 7.13. The molecule has 0 bridgehead atoms. The van der Waals surface area contributed by atoms with Crippen LogP contribution in [0.3, 0.4) is 0 Å². The lowest BCUT2D eigenvalue weighted by molar-refractivity contribution is 0.102. The summed E-state index contributed by atoms with van der Waals surface area (Å²) >= 11 is 0. The Morgan fingerprint density at radius 1 is 1.00 bits per heavy atom. The third kappa shape index (κ3) is 4.52. The van der Waals surface area contributed by atoms with Crippen LogP contribution in [0, 0.1) is 5.92 Å². The molecule has 0 aliphatic heterocycles. The summed E-state index contributed by atoms with van der Waals surface area (Å²) in [6, 6.07) is 14.8. The van der Waals surface area contributed by atoms with Crippen molar-refractivity contribution in [3.05, 3.63) is 60.3 Å². The Kier molecular flexibility index (Phi) is 5.99. The van der Waals surface area contributed by atoms with Gasteiger partial charge >= 0.3 is 6.03 Å². The second kappa shape index (κ2) is 8.61. The molecule has 3 rings (SSSR count). The van der Waals surface area contributed by atoms with Crippen molar-refractivity contribution >= 4 is 34.2 Å². The quantitative estimate of drug-likeness (QED) is 0.582. The summed E-state index contributed by atoms with van der Waals surface area (Å²) in [5, 5.41) is 9.29. The molecule has 1 heterocycles. The van der Waals surface area contributed by atoms with Gasteiger partial charge in [-0.3, -0.25) is 4.79 Å². The number of carbonyl (C=O) groups is 2. The molecular weight excluding hydrogens is 352 g/mol. The van der Waals surface area contributed by atoms with E-state index in [1.807, 2.05) is 37.4 Å². The topological polar surface area (TPSA) is 75.2 Å². The standard InChI is InChI=1S/C22H26N4O2/c1-4-23-22(28)25-17-9-7-8-16(12-17)24-21(27)19-14-26(13-15(2)3)20-11-6-5-10-18(19)20/h5-12,14-15H,4,13H2,1-3H3,(H,24,27)(H2,23,25,28).